The van der Waals surface area contributed by atoms with E-state index in [1.807, 2.05) is 6.07 Å². The van der Waals surface area contributed by atoms with Crippen LogP contribution in [0, 0.1) is 0 Å². The molecule has 0 amide bonds. The summed E-state index contributed by atoms with van der Waals surface area (Å²) in [4.78, 5) is 0. The van der Waals surface area contributed by atoms with Crippen molar-refractivity contribution in [1.29, 1.82) is 0 Å². The predicted molar refractivity (Wildman–Crippen MR) is 172 cm³/mol. The van der Waals surface area contributed by atoms with E-state index in [4.69, 9.17) is 9.47 Å². The first kappa shape index (κ1) is 26.9. The molecule has 0 saturated carbocycles. The van der Waals surface area contributed by atoms with E-state index in [1.165, 1.54) is 44.5 Å². The normalized spacial score (nSPS) is 12.5. The molecule has 5 aromatic rings. The average Bonchev–Trinajstić information content (AvgIpc) is 3.29. The van der Waals surface area contributed by atoms with Gasteiger partial charge in [-0.05, 0) is 134 Å². The van der Waals surface area contributed by atoms with Crippen molar-refractivity contribution >= 4 is 0 Å². The largest absolute Gasteiger partial charge is 0.488 e. The molecular weight excluding hydrogens is 500 g/mol. The predicted octanol–water partition coefficient (Wildman–Crippen LogP) is 10.6. The summed E-state index contributed by atoms with van der Waals surface area (Å²) in [7, 11) is 0. The maximum Gasteiger partial charge on any atom is 0.120 e. The molecule has 2 nitrogen and oxygen atoms in total. The quantitative estimate of drug-likeness (QED) is 0.217. The zero-order valence-corrected chi connectivity index (χ0v) is 24.9. The van der Waals surface area contributed by atoms with Crippen molar-refractivity contribution in [3.05, 3.63) is 120 Å². The van der Waals surface area contributed by atoms with E-state index < -0.39 is 0 Å². The van der Waals surface area contributed by atoms with Crippen LogP contribution in [0.1, 0.15) is 52.7 Å². The van der Waals surface area contributed by atoms with E-state index in [9.17, 15) is 0 Å². The lowest BCUT2D eigenvalue weighted by molar-refractivity contribution is 0.130. The number of hydrogen-bond acceptors (Lipinski definition) is 2. The van der Waals surface area contributed by atoms with Crippen LogP contribution in [0.5, 0.6) is 11.5 Å². The van der Waals surface area contributed by atoms with Gasteiger partial charge in [-0.2, -0.15) is 0 Å². The first-order valence-corrected chi connectivity index (χ1v) is 14.5. The van der Waals surface area contributed by atoms with Crippen LogP contribution < -0.4 is 9.47 Å². The van der Waals surface area contributed by atoms with Crippen molar-refractivity contribution in [3.63, 3.8) is 0 Å². The third-order valence-electron chi connectivity index (χ3n) is 7.29. The summed E-state index contributed by atoms with van der Waals surface area (Å²) in [6, 6.07) is 39.2. The smallest absolute Gasteiger partial charge is 0.120 e. The number of benzene rings is 5. The second kappa shape index (κ2) is 10.3. The lowest BCUT2D eigenvalue weighted by Gasteiger charge is -2.24. The Balaban J connectivity index is 1.68. The van der Waals surface area contributed by atoms with Gasteiger partial charge in [0.1, 0.15) is 22.7 Å². The minimum atomic E-state index is -0.290. The fourth-order valence-corrected chi connectivity index (χ4v) is 5.88. The van der Waals surface area contributed by atoms with Gasteiger partial charge in [0.05, 0.1) is 0 Å². The van der Waals surface area contributed by atoms with Gasteiger partial charge in [0.2, 0.25) is 0 Å². The minimum absolute atomic E-state index is 0.286. The van der Waals surface area contributed by atoms with Crippen LogP contribution in [0.4, 0.5) is 0 Å². The topological polar surface area (TPSA) is 18.5 Å². The molecule has 0 spiro atoms. The average molecular weight is 539 g/mol. The SMILES string of the molecule is CC(C)(C)Oc1cccc(-c2cc3c(c(-c4ccccc4)c2-c2cccc(OC(C)(C)C)c2)Cc2ccccc2-3)c1. The van der Waals surface area contributed by atoms with Crippen LogP contribution in [0.15, 0.2) is 109 Å². The Kier molecular flexibility index (Phi) is 6.74. The van der Waals surface area contributed by atoms with E-state index in [2.05, 4.69) is 145 Å². The van der Waals surface area contributed by atoms with E-state index in [0.717, 1.165) is 29.0 Å². The Bertz CT molecular complexity index is 1720. The lowest BCUT2D eigenvalue weighted by atomic mass is 9.82. The monoisotopic (exact) mass is 538 g/mol. The second-order valence-electron chi connectivity index (χ2n) is 12.9. The highest BCUT2D eigenvalue weighted by atomic mass is 16.5. The van der Waals surface area contributed by atoms with E-state index >= 15 is 0 Å². The molecule has 0 fully saturated rings. The minimum Gasteiger partial charge on any atom is -0.488 e. The van der Waals surface area contributed by atoms with Crippen LogP contribution in [0.2, 0.25) is 0 Å². The summed E-state index contributed by atoms with van der Waals surface area (Å²) in [5, 5.41) is 0. The zero-order chi connectivity index (χ0) is 28.8. The van der Waals surface area contributed by atoms with Crippen LogP contribution in [0.25, 0.3) is 44.5 Å². The molecule has 1 aliphatic rings. The van der Waals surface area contributed by atoms with Crippen LogP contribution in [-0.2, 0) is 6.42 Å². The van der Waals surface area contributed by atoms with E-state index in [-0.39, 0.29) is 11.2 Å². The number of fused-ring (bicyclic) bond motifs is 3. The summed E-state index contributed by atoms with van der Waals surface area (Å²) >= 11 is 0. The maximum atomic E-state index is 6.35. The summed E-state index contributed by atoms with van der Waals surface area (Å²) < 4.78 is 12.7. The van der Waals surface area contributed by atoms with Gasteiger partial charge < -0.3 is 9.47 Å². The molecular formula is C39H38O2. The van der Waals surface area contributed by atoms with E-state index in [1.54, 1.807) is 0 Å². The van der Waals surface area contributed by atoms with Gasteiger partial charge in [-0.15, -0.1) is 0 Å². The first-order valence-electron chi connectivity index (χ1n) is 14.5. The molecule has 0 unspecified atom stereocenters. The number of hydrogen-bond donors (Lipinski definition) is 0. The first-order chi connectivity index (χ1) is 19.6. The van der Waals surface area contributed by atoms with E-state index in [0.29, 0.717) is 0 Å². The molecule has 2 heteroatoms. The highest BCUT2D eigenvalue weighted by Gasteiger charge is 2.28. The van der Waals surface area contributed by atoms with Gasteiger partial charge >= 0.3 is 0 Å². The lowest BCUT2D eigenvalue weighted by Crippen LogP contribution is -2.22. The van der Waals surface area contributed by atoms with Gasteiger partial charge in [-0.25, -0.2) is 0 Å². The highest BCUT2D eigenvalue weighted by molar-refractivity contribution is 6.02. The third kappa shape index (κ3) is 5.65. The molecule has 206 valence electrons. The molecule has 0 bridgehead atoms. The molecule has 0 heterocycles. The molecule has 0 radical (unpaired) electrons. The van der Waals surface area contributed by atoms with Crippen molar-refractivity contribution in [3.8, 4) is 56.0 Å². The van der Waals surface area contributed by atoms with Gasteiger partial charge in [0.25, 0.3) is 0 Å². The highest BCUT2D eigenvalue weighted by Crippen LogP contribution is 2.51. The van der Waals surface area contributed by atoms with Crippen LogP contribution in [0.3, 0.4) is 0 Å². The summed E-state index contributed by atoms with van der Waals surface area (Å²) in [6.45, 7) is 12.5. The molecule has 41 heavy (non-hydrogen) atoms. The van der Waals surface area contributed by atoms with Crippen molar-refractivity contribution < 1.29 is 9.47 Å². The Hall–Kier alpha value is -4.30. The molecule has 0 aromatic heterocycles. The summed E-state index contributed by atoms with van der Waals surface area (Å²) in [5.74, 6) is 1.74. The summed E-state index contributed by atoms with van der Waals surface area (Å²) in [6.07, 6.45) is 0.911. The van der Waals surface area contributed by atoms with Gasteiger partial charge in [0.15, 0.2) is 0 Å². The number of rotatable bonds is 5. The molecule has 6 rings (SSSR count). The molecule has 0 saturated heterocycles. The number of ether oxygens (including phenoxy) is 2. The van der Waals surface area contributed by atoms with Crippen molar-refractivity contribution in [2.45, 2.75) is 59.2 Å². The summed E-state index contributed by atoms with van der Waals surface area (Å²) in [5.41, 5.74) is 12.0. The Morgan fingerprint density at radius 3 is 1.68 bits per heavy atom. The zero-order valence-electron chi connectivity index (χ0n) is 24.9. The Labute approximate surface area is 244 Å². The third-order valence-corrected chi connectivity index (χ3v) is 7.29. The fraction of sp³-hybridized carbons (Fsp3) is 0.231. The molecule has 0 atom stereocenters. The molecule has 5 aromatic carbocycles. The Morgan fingerprint density at radius 2 is 1.02 bits per heavy atom. The van der Waals surface area contributed by atoms with Crippen molar-refractivity contribution in [2.24, 2.45) is 0 Å². The van der Waals surface area contributed by atoms with Crippen LogP contribution >= 0.6 is 0 Å². The van der Waals surface area contributed by atoms with Gasteiger partial charge in [-0.1, -0.05) is 78.9 Å². The van der Waals surface area contributed by atoms with Gasteiger partial charge in [0, 0.05) is 0 Å². The Morgan fingerprint density at radius 1 is 0.463 bits per heavy atom. The standard InChI is InChI=1S/C39H38O2/c1-38(2,3)40-30-19-12-17-27(22-30)33-25-34-32-21-11-10-16-28(32)24-35(34)36(26-14-8-7-9-15-26)37(33)29-18-13-20-31(23-29)41-39(4,5)6/h7-23,25H,24H2,1-6H3. The fourth-order valence-electron chi connectivity index (χ4n) is 5.88. The van der Waals surface area contributed by atoms with Crippen molar-refractivity contribution in [1.82, 2.24) is 0 Å². The molecule has 0 aliphatic heterocycles. The van der Waals surface area contributed by atoms with Gasteiger partial charge in [-0.3, -0.25) is 0 Å². The molecule has 1 aliphatic carbocycles. The maximum absolute atomic E-state index is 6.35. The van der Waals surface area contributed by atoms with Crippen molar-refractivity contribution in [2.75, 3.05) is 0 Å². The van der Waals surface area contributed by atoms with Crippen LogP contribution in [-0.4, -0.2) is 11.2 Å². The second-order valence-corrected chi connectivity index (χ2v) is 12.9. The molecule has 0 N–H and O–H groups in total.